The summed E-state index contributed by atoms with van der Waals surface area (Å²) in [5.74, 6) is -0.356. The smallest absolute Gasteiger partial charge is 0.357 e. The first-order chi connectivity index (χ1) is 4.84. The SMILES string of the molecule is O=C(OCS)c1ccn[nH]1. The van der Waals surface area contributed by atoms with Gasteiger partial charge in [0.1, 0.15) is 11.6 Å². The number of carbonyl (C=O) groups is 1. The van der Waals surface area contributed by atoms with E-state index >= 15 is 0 Å². The average molecular weight is 158 g/mol. The Labute approximate surface area is 63.0 Å². The van der Waals surface area contributed by atoms with Gasteiger partial charge in [-0.1, -0.05) is 0 Å². The van der Waals surface area contributed by atoms with E-state index in [1.165, 1.54) is 12.3 Å². The Kier molecular flexibility index (Phi) is 2.33. The molecule has 1 heterocycles. The van der Waals surface area contributed by atoms with Crippen molar-refractivity contribution in [1.29, 1.82) is 0 Å². The Morgan fingerprint density at radius 1 is 1.90 bits per heavy atom. The van der Waals surface area contributed by atoms with Crippen molar-refractivity contribution < 1.29 is 9.53 Å². The predicted molar refractivity (Wildman–Crippen MR) is 37.9 cm³/mol. The van der Waals surface area contributed by atoms with Gasteiger partial charge in [0.2, 0.25) is 0 Å². The van der Waals surface area contributed by atoms with Crippen LogP contribution in [0.2, 0.25) is 0 Å². The summed E-state index contributed by atoms with van der Waals surface area (Å²) in [7, 11) is 0. The lowest BCUT2D eigenvalue weighted by atomic mass is 10.4. The van der Waals surface area contributed by atoms with Crippen LogP contribution in [0.25, 0.3) is 0 Å². The molecule has 4 nitrogen and oxygen atoms in total. The van der Waals surface area contributed by atoms with Crippen LogP contribution in [0.4, 0.5) is 0 Å². The molecule has 0 radical (unpaired) electrons. The number of nitrogens with one attached hydrogen (secondary N) is 1. The monoisotopic (exact) mass is 158 g/mol. The largest absolute Gasteiger partial charge is 0.450 e. The molecule has 0 spiro atoms. The van der Waals surface area contributed by atoms with Gasteiger partial charge < -0.3 is 4.74 Å². The molecule has 10 heavy (non-hydrogen) atoms. The van der Waals surface area contributed by atoms with E-state index in [-0.39, 0.29) is 5.94 Å². The molecule has 0 saturated heterocycles. The zero-order chi connectivity index (χ0) is 7.40. The Morgan fingerprint density at radius 2 is 2.70 bits per heavy atom. The first-order valence-electron chi connectivity index (χ1n) is 2.62. The maximum atomic E-state index is 10.8. The van der Waals surface area contributed by atoms with Crippen molar-refractivity contribution in [3.63, 3.8) is 0 Å². The third-order valence-corrected chi connectivity index (χ3v) is 1.05. The van der Waals surface area contributed by atoms with Crippen LogP contribution >= 0.6 is 12.6 Å². The van der Waals surface area contributed by atoms with Crippen LogP contribution in [0.15, 0.2) is 12.3 Å². The molecular formula is C5H6N2O2S. The third kappa shape index (κ3) is 1.51. The van der Waals surface area contributed by atoms with Gasteiger partial charge in [0.15, 0.2) is 0 Å². The minimum atomic E-state index is -0.437. The molecule has 0 aliphatic heterocycles. The van der Waals surface area contributed by atoms with E-state index in [0.717, 1.165) is 0 Å². The quantitative estimate of drug-likeness (QED) is 0.373. The van der Waals surface area contributed by atoms with E-state index in [2.05, 4.69) is 27.6 Å². The fourth-order valence-electron chi connectivity index (χ4n) is 0.506. The van der Waals surface area contributed by atoms with Crippen molar-refractivity contribution in [2.24, 2.45) is 0 Å². The van der Waals surface area contributed by atoms with Gasteiger partial charge >= 0.3 is 5.97 Å². The summed E-state index contributed by atoms with van der Waals surface area (Å²) < 4.78 is 4.54. The van der Waals surface area contributed by atoms with Crippen molar-refractivity contribution in [1.82, 2.24) is 10.2 Å². The van der Waals surface area contributed by atoms with Gasteiger partial charge in [-0.25, -0.2) is 4.79 Å². The number of H-pyrrole nitrogens is 1. The number of carbonyl (C=O) groups excluding carboxylic acids is 1. The van der Waals surface area contributed by atoms with Crippen LogP contribution in [0.3, 0.4) is 0 Å². The number of esters is 1. The van der Waals surface area contributed by atoms with Gasteiger partial charge in [0.25, 0.3) is 0 Å². The van der Waals surface area contributed by atoms with Crippen LogP contribution < -0.4 is 0 Å². The summed E-state index contributed by atoms with van der Waals surface area (Å²) in [4.78, 5) is 10.8. The molecule has 1 aromatic heterocycles. The molecule has 5 heteroatoms. The van der Waals surface area contributed by atoms with Crippen LogP contribution in [0.5, 0.6) is 0 Å². The molecule has 0 aliphatic rings. The molecular weight excluding hydrogens is 152 g/mol. The molecule has 0 saturated carbocycles. The van der Waals surface area contributed by atoms with E-state index in [1.54, 1.807) is 0 Å². The Balaban J connectivity index is 2.59. The van der Waals surface area contributed by atoms with Crippen LogP contribution in [0.1, 0.15) is 10.5 Å². The van der Waals surface area contributed by atoms with Gasteiger partial charge in [-0.05, 0) is 6.07 Å². The summed E-state index contributed by atoms with van der Waals surface area (Å²) in [5.41, 5.74) is 0.342. The predicted octanol–water partition coefficient (Wildman–Crippen LogP) is 0.454. The molecule has 0 atom stereocenters. The molecule has 0 bridgehead atoms. The lowest BCUT2D eigenvalue weighted by Crippen LogP contribution is -2.03. The van der Waals surface area contributed by atoms with E-state index in [4.69, 9.17) is 0 Å². The topological polar surface area (TPSA) is 55.0 Å². The normalized spacial score (nSPS) is 9.30. The highest BCUT2D eigenvalue weighted by atomic mass is 32.1. The highest BCUT2D eigenvalue weighted by molar-refractivity contribution is 7.80. The lowest BCUT2D eigenvalue weighted by Gasteiger charge is -1.94. The standard InChI is InChI=1S/C5H6N2O2S/c8-5(9-3-10)4-1-2-6-7-4/h1-2,10H,3H2,(H,6,7). The van der Waals surface area contributed by atoms with Crippen LogP contribution in [-0.4, -0.2) is 22.1 Å². The van der Waals surface area contributed by atoms with Crippen LogP contribution in [-0.2, 0) is 4.74 Å². The van der Waals surface area contributed by atoms with Crippen molar-refractivity contribution >= 4 is 18.6 Å². The van der Waals surface area contributed by atoms with E-state index in [0.29, 0.717) is 5.69 Å². The molecule has 1 rings (SSSR count). The van der Waals surface area contributed by atoms with Crippen molar-refractivity contribution in [2.45, 2.75) is 0 Å². The van der Waals surface area contributed by atoms with E-state index < -0.39 is 5.97 Å². The van der Waals surface area contributed by atoms with Crippen molar-refractivity contribution in [3.8, 4) is 0 Å². The number of thiol groups is 1. The average Bonchev–Trinajstić information content (AvgIpc) is 2.38. The van der Waals surface area contributed by atoms with Gasteiger partial charge in [-0.15, -0.1) is 12.6 Å². The summed E-state index contributed by atoms with van der Waals surface area (Å²) in [5, 5.41) is 6.04. The molecule has 0 aromatic carbocycles. The molecule has 1 aromatic rings. The Bertz CT molecular complexity index is 209. The minimum absolute atomic E-state index is 0.0812. The maximum Gasteiger partial charge on any atom is 0.357 e. The fraction of sp³-hybridized carbons (Fsp3) is 0.200. The van der Waals surface area contributed by atoms with Gasteiger partial charge in [0, 0.05) is 6.20 Å². The van der Waals surface area contributed by atoms with Gasteiger partial charge in [-0.3, -0.25) is 5.10 Å². The highest BCUT2D eigenvalue weighted by Gasteiger charge is 2.05. The van der Waals surface area contributed by atoms with Crippen molar-refractivity contribution in [2.75, 3.05) is 5.94 Å². The summed E-state index contributed by atoms with van der Waals surface area (Å²) >= 11 is 3.71. The van der Waals surface area contributed by atoms with Gasteiger partial charge in [-0.2, -0.15) is 5.10 Å². The summed E-state index contributed by atoms with van der Waals surface area (Å²) in [6.45, 7) is 0. The molecule has 0 fully saturated rings. The number of hydrogen-bond donors (Lipinski definition) is 2. The van der Waals surface area contributed by atoms with E-state index in [9.17, 15) is 4.79 Å². The summed E-state index contributed by atoms with van der Waals surface area (Å²) in [6.07, 6.45) is 1.48. The second-order valence-electron chi connectivity index (χ2n) is 1.53. The molecule has 0 unspecified atom stereocenters. The zero-order valence-electron chi connectivity index (χ0n) is 5.07. The summed E-state index contributed by atoms with van der Waals surface area (Å²) in [6, 6.07) is 1.53. The molecule has 0 amide bonds. The first kappa shape index (κ1) is 7.14. The number of rotatable bonds is 2. The Morgan fingerprint density at radius 3 is 3.20 bits per heavy atom. The second-order valence-corrected chi connectivity index (χ2v) is 1.79. The maximum absolute atomic E-state index is 10.8. The number of aromatic nitrogens is 2. The number of nitrogens with zero attached hydrogens (tertiary/aromatic N) is 1. The van der Waals surface area contributed by atoms with E-state index in [1.807, 2.05) is 0 Å². The molecule has 0 aliphatic carbocycles. The fourth-order valence-corrected chi connectivity index (χ4v) is 0.623. The first-order valence-corrected chi connectivity index (χ1v) is 3.25. The number of hydrogen-bond acceptors (Lipinski definition) is 4. The lowest BCUT2D eigenvalue weighted by molar-refractivity contribution is 0.0574. The molecule has 1 N–H and O–H groups in total. The number of ether oxygens (including phenoxy) is 1. The highest BCUT2D eigenvalue weighted by Crippen LogP contribution is 1.95. The number of aromatic amines is 1. The zero-order valence-corrected chi connectivity index (χ0v) is 5.97. The van der Waals surface area contributed by atoms with Crippen LogP contribution in [0, 0.1) is 0 Å². The minimum Gasteiger partial charge on any atom is -0.450 e. The Hall–Kier alpha value is -0.970. The van der Waals surface area contributed by atoms with Gasteiger partial charge in [0.05, 0.1) is 0 Å². The third-order valence-electron chi connectivity index (χ3n) is 0.916. The molecule has 54 valence electrons. The second kappa shape index (κ2) is 3.26. The van der Waals surface area contributed by atoms with Crippen molar-refractivity contribution in [3.05, 3.63) is 18.0 Å².